The molecule has 1 atom stereocenters. The second-order valence-electron chi connectivity index (χ2n) is 4.89. The van der Waals surface area contributed by atoms with Gasteiger partial charge in [0.2, 0.25) is 0 Å². The van der Waals surface area contributed by atoms with E-state index in [-0.39, 0.29) is 0 Å². The first-order chi connectivity index (χ1) is 9.76. The second kappa shape index (κ2) is 6.06. The average Bonchev–Trinajstić information content (AvgIpc) is 2.88. The van der Waals surface area contributed by atoms with Gasteiger partial charge in [-0.2, -0.15) is 0 Å². The van der Waals surface area contributed by atoms with Gasteiger partial charge in [0.25, 0.3) is 0 Å². The summed E-state index contributed by atoms with van der Waals surface area (Å²) in [5, 5.41) is 0.469. The molecule has 2 heterocycles. The van der Waals surface area contributed by atoms with Crippen LogP contribution in [0.2, 0.25) is 0 Å². The van der Waals surface area contributed by atoms with Crippen molar-refractivity contribution in [3.05, 3.63) is 53.3 Å². The Morgan fingerprint density at radius 1 is 1.30 bits per heavy atom. The van der Waals surface area contributed by atoms with Crippen LogP contribution in [0.1, 0.15) is 17.0 Å². The van der Waals surface area contributed by atoms with Crippen LogP contribution >= 0.6 is 23.4 Å². The fourth-order valence-electron chi connectivity index (χ4n) is 2.35. The molecule has 0 bridgehead atoms. The molecule has 1 aliphatic rings. The van der Waals surface area contributed by atoms with Crippen molar-refractivity contribution in [1.29, 1.82) is 0 Å². The number of nitrogens with zero attached hydrogens (tertiary/aromatic N) is 1. The van der Waals surface area contributed by atoms with Gasteiger partial charge in [0.05, 0.1) is 11.6 Å². The number of hydrogen-bond acceptors (Lipinski definition) is 3. The van der Waals surface area contributed by atoms with Gasteiger partial charge in [0.1, 0.15) is 12.4 Å². The minimum absolute atomic E-state index is 0.384. The van der Waals surface area contributed by atoms with E-state index >= 15 is 0 Å². The number of ether oxygens (including phenoxy) is 1. The average molecular weight is 306 g/mol. The Labute approximate surface area is 128 Å². The van der Waals surface area contributed by atoms with E-state index in [2.05, 4.69) is 29.2 Å². The summed E-state index contributed by atoms with van der Waals surface area (Å²) in [7, 11) is 0. The number of thioether (sulfide) groups is 1. The van der Waals surface area contributed by atoms with E-state index in [9.17, 15) is 0 Å². The standard InChI is InChI=1S/C16H16ClNOS/c1-11-6-7-15(14(9-17)18-11)19-10-13-8-12-4-2-3-5-16(12)20-13/h2-7,13H,8-10H2,1H3. The summed E-state index contributed by atoms with van der Waals surface area (Å²) in [6.45, 7) is 2.65. The summed E-state index contributed by atoms with van der Waals surface area (Å²) in [6.07, 6.45) is 1.07. The predicted octanol–water partition coefficient (Wildman–Crippen LogP) is 4.22. The van der Waals surface area contributed by atoms with Gasteiger partial charge in [-0.05, 0) is 37.1 Å². The highest BCUT2D eigenvalue weighted by Crippen LogP contribution is 2.37. The van der Waals surface area contributed by atoms with E-state index in [1.165, 1.54) is 10.5 Å². The summed E-state index contributed by atoms with van der Waals surface area (Å²) in [6, 6.07) is 12.5. The molecule has 1 aromatic heterocycles. The first kappa shape index (κ1) is 13.8. The van der Waals surface area contributed by atoms with Gasteiger partial charge < -0.3 is 4.74 Å². The monoisotopic (exact) mass is 305 g/mol. The van der Waals surface area contributed by atoms with Gasteiger partial charge >= 0.3 is 0 Å². The van der Waals surface area contributed by atoms with E-state index in [4.69, 9.17) is 16.3 Å². The molecule has 2 aromatic rings. The van der Waals surface area contributed by atoms with Gasteiger partial charge in [-0.3, -0.25) is 4.98 Å². The van der Waals surface area contributed by atoms with Crippen molar-refractivity contribution in [3.63, 3.8) is 0 Å². The normalized spacial score (nSPS) is 17.0. The predicted molar refractivity (Wildman–Crippen MR) is 83.8 cm³/mol. The number of aryl methyl sites for hydroxylation is 1. The van der Waals surface area contributed by atoms with Gasteiger partial charge in [-0.25, -0.2) is 0 Å². The second-order valence-corrected chi connectivity index (χ2v) is 6.50. The number of fused-ring (bicyclic) bond motifs is 1. The molecule has 0 fully saturated rings. The summed E-state index contributed by atoms with van der Waals surface area (Å²) >= 11 is 7.82. The van der Waals surface area contributed by atoms with E-state index < -0.39 is 0 Å². The third-order valence-electron chi connectivity index (χ3n) is 3.34. The topological polar surface area (TPSA) is 22.1 Å². The van der Waals surface area contributed by atoms with Crippen LogP contribution in [0.15, 0.2) is 41.3 Å². The van der Waals surface area contributed by atoms with Crippen LogP contribution < -0.4 is 4.74 Å². The Morgan fingerprint density at radius 2 is 2.15 bits per heavy atom. The summed E-state index contributed by atoms with van der Waals surface area (Å²) in [5.74, 6) is 1.19. The highest BCUT2D eigenvalue weighted by molar-refractivity contribution is 8.00. The number of halogens is 1. The Bertz CT molecular complexity index is 592. The van der Waals surface area contributed by atoms with Crippen molar-refractivity contribution < 1.29 is 4.74 Å². The van der Waals surface area contributed by atoms with Crippen LogP contribution in [-0.2, 0) is 12.3 Å². The van der Waals surface area contributed by atoms with Crippen molar-refractivity contribution in [1.82, 2.24) is 4.98 Å². The molecule has 0 amide bonds. The minimum atomic E-state index is 0.384. The Hall–Kier alpha value is -1.19. The molecule has 104 valence electrons. The molecule has 20 heavy (non-hydrogen) atoms. The van der Waals surface area contributed by atoms with E-state index in [0.29, 0.717) is 17.7 Å². The van der Waals surface area contributed by atoms with Crippen LogP contribution in [0.3, 0.4) is 0 Å². The quantitative estimate of drug-likeness (QED) is 0.789. The molecule has 1 unspecified atom stereocenters. The molecule has 1 aromatic carbocycles. The van der Waals surface area contributed by atoms with Gasteiger partial charge in [-0.1, -0.05) is 18.2 Å². The Kier molecular flexibility index (Phi) is 4.18. The number of aromatic nitrogens is 1. The molecule has 0 spiro atoms. The van der Waals surface area contributed by atoms with Crippen molar-refractivity contribution in [2.45, 2.75) is 29.4 Å². The van der Waals surface area contributed by atoms with E-state index in [1.54, 1.807) is 0 Å². The minimum Gasteiger partial charge on any atom is -0.490 e. The maximum Gasteiger partial charge on any atom is 0.142 e. The first-order valence-electron chi connectivity index (χ1n) is 6.66. The molecule has 0 saturated carbocycles. The molecule has 3 rings (SSSR count). The van der Waals surface area contributed by atoms with Gasteiger partial charge in [0.15, 0.2) is 0 Å². The zero-order valence-corrected chi connectivity index (χ0v) is 12.9. The molecular formula is C16H16ClNOS. The number of benzene rings is 1. The van der Waals surface area contributed by atoms with Gasteiger partial charge in [-0.15, -0.1) is 23.4 Å². The van der Waals surface area contributed by atoms with Crippen LogP contribution in [-0.4, -0.2) is 16.8 Å². The lowest BCUT2D eigenvalue weighted by Gasteiger charge is -2.13. The zero-order valence-electron chi connectivity index (χ0n) is 11.3. The molecule has 0 saturated heterocycles. The van der Waals surface area contributed by atoms with Crippen molar-refractivity contribution in [2.24, 2.45) is 0 Å². The molecule has 1 aliphatic heterocycles. The third kappa shape index (κ3) is 2.94. The maximum absolute atomic E-state index is 5.93. The molecular weight excluding hydrogens is 290 g/mol. The molecule has 0 aliphatic carbocycles. The fraction of sp³-hybridized carbons (Fsp3) is 0.312. The first-order valence-corrected chi connectivity index (χ1v) is 8.07. The van der Waals surface area contributed by atoms with Crippen molar-refractivity contribution in [2.75, 3.05) is 6.61 Å². The summed E-state index contributed by atoms with van der Waals surface area (Å²) in [5.41, 5.74) is 3.22. The van der Waals surface area contributed by atoms with Crippen LogP contribution in [0.25, 0.3) is 0 Å². The molecule has 0 N–H and O–H groups in total. The number of alkyl halides is 1. The highest BCUT2D eigenvalue weighted by atomic mass is 35.5. The van der Waals surface area contributed by atoms with Crippen molar-refractivity contribution in [3.8, 4) is 5.75 Å². The third-order valence-corrected chi connectivity index (χ3v) is 4.88. The zero-order chi connectivity index (χ0) is 13.9. The molecule has 0 radical (unpaired) electrons. The lowest BCUT2D eigenvalue weighted by Crippen LogP contribution is -2.14. The Morgan fingerprint density at radius 3 is 2.95 bits per heavy atom. The maximum atomic E-state index is 5.93. The number of pyridine rings is 1. The van der Waals surface area contributed by atoms with Gasteiger partial charge in [0, 0.05) is 15.8 Å². The van der Waals surface area contributed by atoms with Crippen LogP contribution in [0, 0.1) is 6.92 Å². The van der Waals surface area contributed by atoms with Crippen molar-refractivity contribution >= 4 is 23.4 Å². The summed E-state index contributed by atoms with van der Waals surface area (Å²) in [4.78, 5) is 5.79. The molecule has 2 nitrogen and oxygen atoms in total. The molecule has 4 heteroatoms. The van der Waals surface area contributed by atoms with E-state index in [0.717, 1.165) is 23.6 Å². The van der Waals surface area contributed by atoms with Crippen LogP contribution in [0.4, 0.5) is 0 Å². The Balaban J connectivity index is 1.64. The lowest BCUT2D eigenvalue weighted by molar-refractivity contribution is 0.313. The van der Waals surface area contributed by atoms with E-state index in [1.807, 2.05) is 30.8 Å². The number of rotatable bonds is 4. The summed E-state index contributed by atoms with van der Waals surface area (Å²) < 4.78 is 5.93. The number of hydrogen-bond donors (Lipinski definition) is 0. The lowest BCUT2D eigenvalue weighted by atomic mass is 10.1. The smallest absolute Gasteiger partial charge is 0.142 e. The highest BCUT2D eigenvalue weighted by Gasteiger charge is 2.22. The fourth-order valence-corrected chi connectivity index (χ4v) is 3.76. The SMILES string of the molecule is Cc1ccc(OCC2Cc3ccccc3S2)c(CCl)n1. The largest absolute Gasteiger partial charge is 0.490 e. The van der Waals surface area contributed by atoms with Crippen LogP contribution in [0.5, 0.6) is 5.75 Å².